The number of carbonyl (C=O) groups excluding carboxylic acids is 4. The fourth-order valence-electron chi connectivity index (χ4n) is 6.70. The minimum atomic E-state index is -0.724. The lowest BCUT2D eigenvalue weighted by Gasteiger charge is -2.28. The van der Waals surface area contributed by atoms with Gasteiger partial charge in [0.15, 0.2) is 6.61 Å². The lowest BCUT2D eigenvalue weighted by atomic mass is 9.73. The summed E-state index contributed by atoms with van der Waals surface area (Å²) < 4.78 is 5.21. The highest BCUT2D eigenvalue weighted by atomic mass is 35.5. The zero-order valence-electron chi connectivity index (χ0n) is 21.3. The summed E-state index contributed by atoms with van der Waals surface area (Å²) in [5, 5.41) is 3.15. The highest BCUT2D eigenvalue weighted by Crippen LogP contribution is 2.61. The molecule has 3 amide bonds. The van der Waals surface area contributed by atoms with Crippen molar-refractivity contribution in [2.24, 2.45) is 23.7 Å². The largest absolute Gasteiger partial charge is 0.452 e. The first-order valence-electron chi connectivity index (χ1n) is 13.1. The van der Waals surface area contributed by atoms with Crippen LogP contribution >= 0.6 is 11.6 Å². The van der Waals surface area contributed by atoms with Crippen LogP contribution in [0, 0.1) is 30.6 Å². The van der Waals surface area contributed by atoms with Crippen LogP contribution in [0.1, 0.15) is 40.2 Å². The monoisotopic (exact) mass is 542 g/mol. The maximum Gasteiger partial charge on any atom is 0.338 e. The topological polar surface area (TPSA) is 92.8 Å². The van der Waals surface area contributed by atoms with Crippen LogP contribution in [-0.4, -0.2) is 30.3 Å². The van der Waals surface area contributed by atoms with Gasteiger partial charge in [-0.25, -0.2) is 4.79 Å². The molecule has 0 aromatic heterocycles. The van der Waals surface area contributed by atoms with Gasteiger partial charge < -0.3 is 10.1 Å². The third kappa shape index (κ3) is 4.51. The van der Waals surface area contributed by atoms with Crippen LogP contribution in [0.3, 0.4) is 0 Å². The Hall–Kier alpha value is -3.97. The van der Waals surface area contributed by atoms with E-state index in [0.717, 1.165) is 18.4 Å². The second kappa shape index (κ2) is 9.97. The molecule has 7 nitrogen and oxygen atoms in total. The van der Waals surface area contributed by atoms with Crippen LogP contribution in [0.15, 0.2) is 72.8 Å². The molecule has 3 aromatic carbocycles. The molecule has 1 N–H and O–H groups in total. The summed E-state index contributed by atoms with van der Waals surface area (Å²) in [6, 6.07) is 21.6. The number of nitrogens with one attached hydrogen (secondary N) is 1. The fourth-order valence-corrected chi connectivity index (χ4v) is 6.87. The molecule has 1 aliphatic heterocycles. The lowest BCUT2D eigenvalue weighted by Crippen LogP contribution is -2.33. The molecular formula is C31H27ClN2O5. The molecule has 198 valence electrons. The lowest BCUT2D eigenvalue weighted by molar-refractivity contribution is -0.123. The SMILES string of the molecule is Cc1ccc(Cl)cc1NC(=O)COC(=O)c1cccc(N2C(=O)[C@@H]3[C@@H]4C[C@@H]([C@@H]3C2=O)[C@@H](c2ccccc2)C4)c1. The maximum absolute atomic E-state index is 13.6. The molecule has 0 radical (unpaired) electrons. The van der Waals surface area contributed by atoms with Crippen LogP contribution in [0.5, 0.6) is 0 Å². The van der Waals surface area contributed by atoms with Gasteiger partial charge in [-0.2, -0.15) is 0 Å². The quantitative estimate of drug-likeness (QED) is 0.334. The van der Waals surface area contributed by atoms with Crippen molar-refractivity contribution in [1.82, 2.24) is 0 Å². The summed E-state index contributed by atoms with van der Waals surface area (Å²) in [5.74, 6) is -1.67. The number of anilines is 2. The normalized spacial score (nSPS) is 25.1. The molecule has 3 aliphatic rings. The minimum absolute atomic E-state index is 0.138. The van der Waals surface area contributed by atoms with Crippen LogP contribution in [0.4, 0.5) is 11.4 Å². The molecule has 1 heterocycles. The number of imide groups is 1. The van der Waals surface area contributed by atoms with E-state index in [2.05, 4.69) is 17.4 Å². The van der Waals surface area contributed by atoms with Gasteiger partial charge in [0.25, 0.3) is 5.91 Å². The van der Waals surface area contributed by atoms with Crippen LogP contribution < -0.4 is 10.2 Å². The number of nitrogens with zero attached hydrogens (tertiary/aromatic N) is 1. The van der Waals surface area contributed by atoms with Gasteiger partial charge >= 0.3 is 5.97 Å². The van der Waals surface area contributed by atoms with Gasteiger partial charge in [-0.05, 0) is 79.0 Å². The Balaban J connectivity index is 1.14. The second-order valence-corrected chi connectivity index (χ2v) is 11.0. The Morgan fingerprint density at radius 3 is 2.51 bits per heavy atom. The van der Waals surface area contributed by atoms with Crippen molar-refractivity contribution in [3.05, 3.63) is 94.5 Å². The number of esters is 1. The average Bonchev–Trinajstić information content (AvgIpc) is 3.61. The number of rotatable bonds is 6. The minimum Gasteiger partial charge on any atom is -0.452 e. The van der Waals surface area contributed by atoms with Gasteiger partial charge in [-0.1, -0.05) is 54.1 Å². The highest BCUT2D eigenvalue weighted by molar-refractivity contribution is 6.31. The van der Waals surface area contributed by atoms with Crippen molar-refractivity contribution in [3.63, 3.8) is 0 Å². The molecule has 0 spiro atoms. The molecule has 39 heavy (non-hydrogen) atoms. The molecular weight excluding hydrogens is 516 g/mol. The standard InChI is InChI=1S/C31H27ClN2O5/c1-17-10-11-21(32)15-25(17)33-26(35)16-39-31(38)19-8-5-9-22(12-19)34-29(36)27-20-13-23(18-6-3-2-4-7-18)24(14-20)28(27)30(34)37/h2-12,15,20,23-24,27-28H,13-14,16H2,1H3,(H,33,35)/t20-,23+,24+,27+,28-/m0/s1. The summed E-state index contributed by atoms with van der Waals surface area (Å²) in [7, 11) is 0. The number of hydrogen-bond acceptors (Lipinski definition) is 5. The third-order valence-electron chi connectivity index (χ3n) is 8.39. The summed E-state index contributed by atoms with van der Waals surface area (Å²) in [4.78, 5) is 53.4. The Morgan fingerprint density at radius 2 is 1.72 bits per heavy atom. The maximum atomic E-state index is 13.6. The van der Waals surface area contributed by atoms with Crippen molar-refractivity contribution in [2.75, 3.05) is 16.8 Å². The Morgan fingerprint density at radius 1 is 0.949 bits per heavy atom. The molecule has 3 aromatic rings. The fraction of sp³-hybridized carbons (Fsp3) is 0.290. The summed E-state index contributed by atoms with van der Waals surface area (Å²) in [6.07, 6.45) is 1.80. The highest BCUT2D eigenvalue weighted by Gasteiger charge is 2.64. The number of halogens is 1. The van der Waals surface area contributed by atoms with E-state index >= 15 is 0 Å². The predicted octanol–water partition coefficient (Wildman–Crippen LogP) is 5.37. The van der Waals surface area contributed by atoms with E-state index < -0.39 is 18.5 Å². The number of ether oxygens (including phenoxy) is 1. The van der Waals surface area contributed by atoms with Crippen molar-refractivity contribution >= 4 is 46.7 Å². The Bertz CT molecular complexity index is 1490. The Kier molecular flexibility index (Phi) is 6.47. The zero-order valence-corrected chi connectivity index (χ0v) is 22.1. The van der Waals surface area contributed by atoms with Gasteiger partial charge in [-0.3, -0.25) is 19.3 Å². The van der Waals surface area contributed by atoms with E-state index in [-0.39, 0.29) is 47.0 Å². The smallest absolute Gasteiger partial charge is 0.338 e. The summed E-state index contributed by atoms with van der Waals surface area (Å²) in [5.41, 5.74) is 3.08. The molecule has 2 saturated carbocycles. The van der Waals surface area contributed by atoms with Crippen LogP contribution in [0.2, 0.25) is 5.02 Å². The predicted molar refractivity (Wildman–Crippen MR) is 146 cm³/mol. The van der Waals surface area contributed by atoms with Crippen molar-refractivity contribution < 1.29 is 23.9 Å². The number of carbonyl (C=O) groups is 4. The number of aryl methyl sites for hydroxylation is 1. The van der Waals surface area contributed by atoms with E-state index in [0.29, 0.717) is 16.4 Å². The van der Waals surface area contributed by atoms with E-state index in [4.69, 9.17) is 16.3 Å². The molecule has 1 saturated heterocycles. The van der Waals surface area contributed by atoms with E-state index in [1.165, 1.54) is 22.6 Å². The van der Waals surface area contributed by atoms with E-state index in [1.54, 1.807) is 30.3 Å². The van der Waals surface area contributed by atoms with Gasteiger partial charge in [-0.15, -0.1) is 0 Å². The summed E-state index contributed by atoms with van der Waals surface area (Å²) >= 11 is 5.99. The van der Waals surface area contributed by atoms with Gasteiger partial charge in [0, 0.05) is 10.7 Å². The molecule has 2 aliphatic carbocycles. The van der Waals surface area contributed by atoms with Gasteiger partial charge in [0.1, 0.15) is 0 Å². The van der Waals surface area contributed by atoms with Gasteiger partial charge in [0.05, 0.1) is 23.1 Å². The van der Waals surface area contributed by atoms with Crippen LogP contribution in [0.25, 0.3) is 0 Å². The Labute approximate surface area is 231 Å². The first-order chi connectivity index (χ1) is 18.8. The number of amides is 3. The number of benzene rings is 3. The van der Waals surface area contributed by atoms with E-state index in [9.17, 15) is 19.2 Å². The molecule has 2 bridgehead atoms. The van der Waals surface area contributed by atoms with Crippen LogP contribution in [-0.2, 0) is 19.1 Å². The molecule has 8 heteroatoms. The molecule has 6 rings (SSSR count). The van der Waals surface area contributed by atoms with Crippen molar-refractivity contribution in [1.29, 1.82) is 0 Å². The second-order valence-electron chi connectivity index (χ2n) is 10.6. The number of fused-ring (bicyclic) bond motifs is 5. The van der Waals surface area contributed by atoms with Crippen molar-refractivity contribution in [3.8, 4) is 0 Å². The van der Waals surface area contributed by atoms with Crippen molar-refractivity contribution in [2.45, 2.75) is 25.7 Å². The molecule has 5 atom stereocenters. The number of hydrogen-bond donors (Lipinski definition) is 1. The molecule has 3 fully saturated rings. The zero-order chi connectivity index (χ0) is 27.3. The summed E-state index contributed by atoms with van der Waals surface area (Å²) in [6.45, 7) is 1.33. The third-order valence-corrected chi connectivity index (χ3v) is 8.63. The first-order valence-corrected chi connectivity index (χ1v) is 13.5. The molecule has 0 unspecified atom stereocenters. The average molecular weight is 543 g/mol. The van der Waals surface area contributed by atoms with E-state index in [1.807, 2.05) is 25.1 Å². The first kappa shape index (κ1) is 25.3. The van der Waals surface area contributed by atoms with Gasteiger partial charge in [0.2, 0.25) is 11.8 Å².